The third-order valence-corrected chi connectivity index (χ3v) is 6.20. The number of carbonyl (C=O) groups is 3. The van der Waals surface area contributed by atoms with Crippen LogP contribution in [0.5, 0.6) is 0 Å². The number of rotatable bonds is 21. The first-order chi connectivity index (χ1) is 21.8. The van der Waals surface area contributed by atoms with Gasteiger partial charge in [0, 0.05) is 43.7 Å². The van der Waals surface area contributed by atoms with Crippen LogP contribution >= 0.6 is 0 Å². The van der Waals surface area contributed by atoms with Gasteiger partial charge in [-0.2, -0.15) is 9.97 Å². The van der Waals surface area contributed by atoms with E-state index in [0.717, 1.165) is 5.69 Å². The van der Waals surface area contributed by atoms with Crippen molar-refractivity contribution in [2.24, 2.45) is 5.73 Å². The number of nitrogens with two attached hydrogens (primary N) is 3. The van der Waals surface area contributed by atoms with Gasteiger partial charge in [0.2, 0.25) is 11.9 Å². The van der Waals surface area contributed by atoms with Gasteiger partial charge >= 0.3 is 5.97 Å². The van der Waals surface area contributed by atoms with Gasteiger partial charge in [-0.1, -0.05) is 0 Å². The molecule has 0 spiro atoms. The van der Waals surface area contributed by atoms with E-state index in [1.807, 2.05) is 0 Å². The molecule has 0 aliphatic heterocycles. The number of hydrogen-bond donors (Lipinski definition) is 7. The molecular formula is C28H40N10O7. The molecule has 2 heterocycles. The topological polar surface area (TPSA) is 265 Å². The first kappa shape index (κ1) is 34.8. The summed E-state index contributed by atoms with van der Waals surface area (Å²) in [6.07, 6.45) is 1.96. The van der Waals surface area contributed by atoms with E-state index < -0.39 is 17.9 Å². The van der Waals surface area contributed by atoms with Crippen LogP contribution in [0.2, 0.25) is 0 Å². The van der Waals surface area contributed by atoms with Crippen LogP contribution < -0.4 is 33.2 Å². The van der Waals surface area contributed by atoms with Crippen molar-refractivity contribution in [3.05, 3.63) is 41.7 Å². The Morgan fingerprint density at radius 3 is 2.27 bits per heavy atom. The van der Waals surface area contributed by atoms with Crippen LogP contribution in [0, 0.1) is 0 Å². The average molecular weight is 629 g/mol. The third kappa shape index (κ3) is 12.4. The lowest BCUT2D eigenvalue weighted by Crippen LogP contribution is -2.41. The van der Waals surface area contributed by atoms with E-state index in [0.29, 0.717) is 69.4 Å². The molecule has 45 heavy (non-hydrogen) atoms. The normalized spacial score (nSPS) is 11.7. The second-order valence-corrected chi connectivity index (χ2v) is 9.63. The van der Waals surface area contributed by atoms with Gasteiger partial charge in [-0.3, -0.25) is 9.59 Å². The molecule has 0 saturated carbocycles. The number of nitrogens with one attached hydrogen (secondary N) is 3. The van der Waals surface area contributed by atoms with E-state index in [4.69, 9.17) is 31.4 Å². The molecule has 0 saturated heterocycles. The van der Waals surface area contributed by atoms with E-state index in [1.54, 1.807) is 30.5 Å². The number of hydrogen-bond acceptors (Lipinski definition) is 14. The average Bonchev–Trinajstić information content (AvgIpc) is 3.02. The number of aromatic nitrogens is 4. The predicted molar refractivity (Wildman–Crippen MR) is 165 cm³/mol. The van der Waals surface area contributed by atoms with Crippen LogP contribution in [0.3, 0.4) is 0 Å². The highest BCUT2D eigenvalue weighted by Crippen LogP contribution is 2.15. The minimum atomic E-state index is -1.24. The SMILES string of the molecule is NCCOCCOCCOCCNC(=O)CC[C@@H](NC(=O)c1ccc(NCCc2cnc3nc(N)nc(N)c3n2)cc1)C(=O)O. The fraction of sp³-hybridized carbons (Fsp3) is 0.464. The highest BCUT2D eigenvalue weighted by molar-refractivity contribution is 5.97. The zero-order valence-electron chi connectivity index (χ0n) is 24.9. The molecule has 0 bridgehead atoms. The Kier molecular flexibility index (Phi) is 14.6. The summed E-state index contributed by atoms with van der Waals surface area (Å²) in [7, 11) is 0. The minimum Gasteiger partial charge on any atom is -0.480 e. The molecule has 0 aliphatic carbocycles. The summed E-state index contributed by atoms with van der Waals surface area (Å²) in [6, 6.07) is 5.31. The Hall–Kier alpha value is -4.71. The highest BCUT2D eigenvalue weighted by atomic mass is 16.5. The third-order valence-electron chi connectivity index (χ3n) is 6.20. The van der Waals surface area contributed by atoms with E-state index in [9.17, 15) is 19.5 Å². The monoisotopic (exact) mass is 628 g/mol. The van der Waals surface area contributed by atoms with Gasteiger partial charge in [-0.25, -0.2) is 14.8 Å². The van der Waals surface area contributed by atoms with E-state index in [2.05, 4.69) is 35.9 Å². The highest BCUT2D eigenvalue weighted by Gasteiger charge is 2.21. The van der Waals surface area contributed by atoms with E-state index >= 15 is 0 Å². The van der Waals surface area contributed by atoms with Crippen molar-refractivity contribution in [2.45, 2.75) is 25.3 Å². The number of carbonyl (C=O) groups excluding carboxylic acids is 2. The lowest BCUT2D eigenvalue weighted by molar-refractivity contribution is -0.139. The van der Waals surface area contributed by atoms with Crippen LogP contribution in [0.4, 0.5) is 17.5 Å². The fourth-order valence-electron chi connectivity index (χ4n) is 3.93. The van der Waals surface area contributed by atoms with Crippen molar-refractivity contribution in [1.29, 1.82) is 0 Å². The molecule has 244 valence electrons. The zero-order chi connectivity index (χ0) is 32.4. The molecule has 0 aliphatic rings. The number of ether oxygens (including phenoxy) is 3. The van der Waals surface area contributed by atoms with Crippen LogP contribution in [-0.2, 0) is 30.2 Å². The Labute approximate surface area is 259 Å². The molecular weight excluding hydrogens is 588 g/mol. The number of fused-ring (bicyclic) bond motifs is 1. The van der Waals surface area contributed by atoms with E-state index in [1.165, 1.54) is 0 Å². The van der Waals surface area contributed by atoms with Crippen molar-refractivity contribution < 1.29 is 33.7 Å². The number of anilines is 3. The van der Waals surface area contributed by atoms with E-state index in [-0.39, 0.29) is 49.2 Å². The summed E-state index contributed by atoms with van der Waals surface area (Å²) in [5.41, 5.74) is 19.2. The zero-order valence-corrected chi connectivity index (χ0v) is 24.9. The second kappa shape index (κ2) is 18.8. The van der Waals surface area contributed by atoms with Gasteiger partial charge in [0.15, 0.2) is 17.0 Å². The standard InChI is InChI=1S/C28H40N10O7/c29-8-11-43-13-15-45-16-14-44-12-10-33-22(39)6-5-21(27(41)42)36-26(40)18-1-3-19(4-2-18)32-9-7-20-17-34-25-23(35-20)24(30)37-28(31)38-25/h1-4,17,21,32H,5-16,29H2,(H,33,39)(H,36,40)(H,41,42)(H4,30,31,34,37,38)/t21-/m1/s1. The first-order valence-electron chi connectivity index (χ1n) is 14.4. The van der Waals surface area contributed by atoms with Crippen molar-refractivity contribution in [2.75, 3.05) is 76.1 Å². The minimum absolute atomic E-state index is 0.0276. The molecule has 17 heteroatoms. The molecule has 0 fully saturated rings. The van der Waals surface area contributed by atoms with Gasteiger partial charge in [0.25, 0.3) is 5.91 Å². The van der Waals surface area contributed by atoms with Crippen molar-refractivity contribution in [3.63, 3.8) is 0 Å². The molecule has 1 atom stereocenters. The van der Waals surface area contributed by atoms with Crippen molar-refractivity contribution >= 4 is 46.4 Å². The number of nitrogen functional groups attached to an aromatic ring is 2. The summed E-state index contributed by atoms with van der Waals surface area (Å²) >= 11 is 0. The number of carboxylic acids is 1. The van der Waals surface area contributed by atoms with Crippen LogP contribution in [0.15, 0.2) is 30.5 Å². The van der Waals surface area contributed by atoms with Gasteiger partial charge < -0.3 is 52.5 Å². The van der Waals surface area contributed by atoms with Crippen molar-refractivity contribution in [3.8, 4) is 0 Å². The summed E-state index contributed by atoms with van der Waals surface area (Å²) in [6.45, 7) is 3.67. The summed E-state index contributed by atoms with van der Waals surface area (Å²) < 4.78 is 15.9. The maximum absolute atomic E-state index is 12.7. The Balaban J connectivity index is 1.33. The number of amides is 2. The summed E-state index contributed by atoms with van der Waals surface area (Å²) in [5.74, 6) is -1.97. The smallest absolute Gasteiger partial charge is 0.326 e. The number of aliphatic carboxylic acids is 1. The Morgan fingerprint density at radius 2 is 1.58 bits per heavy atom. The quantitative estimate of drug-likeness (QED) is 0.0721. The maximum atomic E-state index is 12.7. The number of carboxylic acid groups (broad SMARTS) is 1. The van der Waals surface area contributed by atoms with Gasteiger partial charge in [-0.15, -0.1) is 0 Å². The molecule has 2 aromatic heterocycles. The van der Waals surface area contributed by atoms with Crippen LogP contribution in [-0.4, -0.2) is 108 Å². The molecule has 0 radical (unpaired) electrons. The summed E-state index contributed by atoms with van der Waals surface area (Å²) in [4.78, 5) is 53.1. The number of nitrogens with zero attached hydrogens (tertiary/aromatic N) is 4. The van der Waals surface area contributed by atoms with Crippen molar-refractivity contribution in [1.82, 2.24) is 30.6 Å². The van der Waals surface area contributed by atoms with Gasteiger partial charge in [-0.05, 0) is 30.7 Å². The molecule has 1 aromatic carbocycles. The molecule has 2 amide bonds. The molecule has 0 unspecified atom stereocenters. The molecule has 3 rings (SSSR count). The number of benzene rings is 1. The molecule has 3 aromatic rings. The van der Waals surface area contributed by atoms with Crippen LogP contribution in [0.25, 0.3) is 11.2 Å². The van der Waals surface area contributed by atoms with Gasteiger partial charge in [0.05, 0.1) is 51.5 Å². The first-order valence-corrected chi connectivity index (χ1v) is 14.4. The Bertz CT molecular complexity index is 1390. The lowest BCUT2D eigenvalue weighted by Gasteiger charge is -2.15. The van der Waals surface area contributed by atoms with Crippen LogP contribution in [0.1, 0.15) is 28.9 Å². The maximum Gasteiger partial charge on any atom is 0.326 e. The predicted octanol–water partition coefficient (Wildman–Crippen LogP) is -0.673. The Morgan fingerprint density at radius 1 is 0.889 bits per heavy atom. The second-order valence-electron chi connectivity index (χ2n) is 9.63. The molecule has 17 nitrogen and oxygen atoms in total. The largest absolute Gasteiger partial charge is 0.480 e. The lowest BCUT2D eigenvalue weighted by atomic mass is 10.1. The summed E-state index contributed by atoms with van der Waals surface area (Å²) in [5, 5.41) is 17.9. The fourth-order valence-corrected chi connectivity index (χ4v) is 3.93. The van der Waals surface area contributed by atoms with Gasteiger partial charge in [0.1, 0.15) is 6.04 Å². The molecule has 10 N–H and O–H groups in total.